The third-order valence-electron chi connectivity index (χ3n) is 5.29. The Hall–Kier alpha value is -3.56. The lowest BCUT2D eigenvalue weighted by Gasteiger charge is -2.16. The second kappa shape index (κ2) is 10.1. The first-order valence-electron chi connectivity index (χ1n) is 10.5. The van der Waals surface area contributed by atoms with Crippen molar-refractivity contribution in [2.45, 2.75) is 25.2 Å². The number of aromatic nitrogens is 4. The molecule has 4 rings (SSSR count). The number of nitrogens with zero attached hydrogens (tertiary/aromatic N) is 4. The van der Waals surface area contributed by atoms with Crippen LogP contribution in [-0.2, 0) is 13.1 Å². The number of hydrogen-bond acceptors (Lipinski definition) is 6. The molecule has 2 aromatic heterocycles. The van der Waals surface area contributed by atoms with Crippen molar-refractivity contribution in [1.29, 1.82) is 0 Å². The number of thioether (sulfide) groups is 1. The third-order valence-corrected chi connectivity index (χ3v) is 6.51. The van der Waals surface area contributed by atoms with E-state index in [-0.39, 0.29) is 30.2 Å². The Labute approximate surface area is 204 Å². The Balaban J connectivity index is 1.65. The van der Waals surface area contributed by atoms with Gasteiger partial charge in [0.05, 0.1) is 12.3 Å². The van der Waals surface area contributed by atoms with E-state index in [0.717, 1.165) is 15.8 Å². The minimum absolute atomic E-state index is 0.0721. The molecule has 2 aromatic carbocycles. The number of halogens is 1. The van der Waals surface area contributed by atoms with E-state index in [1.807, 2.05) is 47.0 Å². The lowest BCUT2D eigenvalue weighted by atomic mass is 10.2. The lowest BCUT2D eigenvalue weighted by Crippen LogP contribution is -2.44. The summed E-state index contributed by atoms with van der Waals surface area (Å²) < 4.78 is 4.12. The molecule has 0 aliphatic rings. The standard InChI is InChI=1S/C24H22ClN5O3S/c1-2-28-22(32)20(21(26)30(24(28)33)14-16-6-4-3-5-7-16)19(31)15-34-23-27-12-13-29(23)18-10-8-17(25)9-11-18/h3-13H,2,14-15,26H2,1H3. The van der Waals surface area contributed by atoms with Crippen molar-refractivity contribution in [2.75, 3.05) is 11.5 Å². The van der Waals surface area contributed by atoms with Crippen molar-refractivity contribution in [3.8, 4) is 5.69 Å². The van der Waals surface area contributed by atoms with E-state index in [1.54, 1.807) is 31.5 Å². The van der Waals surface area contributed by atoms with Crippen LogP contribution in [0.4, 0.5) is 5.82 Å². The second-order valence-corrected chi connectivity index (χ2v) is 8.81. The molecular weight excluding hydrogens is 474 g/mol. The molecule has 2 N–H and O–H groups in total. The van der Waals surface area contributed by atoms with Gasteiger partial charge in [-0.15, -0.1) is 0 Å². The van der Waals surface area contributed by atoms with Crippen LogP contribution in [0.25, 0.3) is 5.69 Å². The summed E-state index contributed by atoms with van der Waals surface area (Å²) in [4.78, 5) is 43.4. The highest BCUT2D eigenvalue weighted by Crippen LogP contribution is 2.23. The van der Waals surface area contributed by atoms with Crippen LogP contribution in [0.5, 0.6) is 0 Å². The molecule has 0 saturated heterocycles. The van der Waals surface area contributed by atoms with E-state index in [9.17, 15) is 14.4 Å². The Morgan fingerprint density at radius 3 is 2.44 bits per heavy atom. The molecule has 0 aliphatic heterocycles. The Morgan fingerprint density at radius 2 is 1.76 bits per heavy atom. The van der Waals surface area contributed by atoms with Gasteiger partial charge in [0.2, 0.25) is 0 Å². The topological polar surface area (TPSA) is 105 Å². The normalized spacial score (nSPS) is 11.0. The largest absolute Gasteiger partial charge is 0.384 e. The summed E-state index contributed by atoms with van der Waals surface area (Å²) in [6.07, 6.45) is 3.40. The maximum absolute atomic E-state index is 13.2. The van der Waals surface area contributed by atoms with Crippen molar-refractivity contribution in [2.24, 2.45) is 0 Å². The Morgan fingerprint density at radius 1 is 1.06 bits per heavy atom. The number of benzene rings is 2. The fraction of sp³-hybridized carbons (Fsp3) is 0.167. The van der Waals surface area contributed by atoms with E-state index in [2.05, 4.69) is 4.98 Å². The van der Waals surface area contributed by atoms with Crippen LogP contribution in [0, 0.1) is 0 Å². The van der Waals surface area contributed by atoms with Crippen LogP contribution < -0.4 is 17.0 Å². The molecule has 174 valence electrons. The molecule has 0 aliphatic carbocycles. The number of hydrogen-bond donors (Lipinski definition) is 1. The highest BCUT2D eigenvalue weighted by atomic mass is 35.5. The first-order valence-corrected chi connectivity index (χ1v) is 11.9. The molecule has 0 spiro atoms. The first-order chi connectivity index (χ1) is 16.4. The smallest absolute Gasteiger partial charge is 0.332 e. The Bertz CT molecular complexity index is 1440. The molecular formula is C24H22ClN5O3S. The highest BCUT2D eigenvalue weighted by molar-refractivity contribution is 7.99. The molecule has 0 fully saturated rings. The molecule has 0 bridgehead atoms. The molecule has 0 unspecified atom stereocenters. The van der Waals surface area contributed by atoms with Gasteiger partial charge >= 0.3 is 5.69 Å². The monoisotopic (exact) mass is 495 g/mol. The number of imidazole rings is 1. The van der Waals surface area contributed by atoms with E-state index >= 15 is 0 Å². The summed E-state index contributed by atoms with van der Waals surface area (Å²) in [6.45, 7) is 1.96. The van der Waals surface area contributed by atoms with Gasteiger partial charge in [-0.2, -0.15) is 0 Å². The average molecular weight is 496 g/mol. The summed E-state index contributed by atoms with van der Waals surface area (Å²) in [5.41, 5.74) is 6.48. The number of anilines is 1. The predicted molar refractivity (Wildman–Crippen MR) is 134 cm³/mol. The molecule has 4 aromatic rings. The van der Waals surface area contributed by atoms with Gasteiger partial charge in [-0.25, -0.2) is 9.78 Å². The molecule has 0 amide bonds. The number of Topliss-reactive ketones (excluding diaryl/α,β-unsaturated/α-hetero) is 1. The molecule has 34 heavy (non-hydrogen) atoms. The van der Waals surface area contributed by atoms with Gasteiger partial charge in [0.15, 0.2) is 10.9 Å². The predicted octanol–water partition coefficient (Wildman–Crippen LogP) is 3.47. The molecule has 0 atom stereocenters. The minimum Gasteiger partial charge on any atom is -0.384 e. The van der Waals surface area contributed by atoms with Gasteiger partial charge < -0.3 is 5.73 Å². The van der Waals surface area contributed by atoms with Gasteiger partial charge in [-0.05, 0) is 36.8 Å². The number of ketones is 1. The van der Waals surface area contributed by atoms with E-state index in [4.69, 9.17) is 17.3 Å². The van der Waals surface area contributed by atoms with Crippen LogP contribution >= 0.6 is 23.4 Å². The van der Waals surface area contributed by atoms with Crippen LogP contribution in [0.2, 0.25) is 5.02 Å². The van der Waals surface area contributed by atoms with E-state index in [1.165, 1.54) is 16.3 Å². The van der Waals surface area contributed by atoms with Gasteiger partial charge in [-0.3, -0.25) is 23.3 Å². The zero-order valence-corrected chi connectivity index (χ0v) is 19.9. The Kier molecular flexibility index (Phi) is 7.04. The fourth-order valence-electron chi connectivity index (χ4n) is 3.57. The van der Waals surface area contributed by atoms with Crippen LogP contribution in [0.15, 0.2) is 81.7 Å². The number of carbonyl (C=O) groups excluding carboxylic acids is 1. The first kappa shape index (κ1) is 23.6. The molecule has 0 radical (unpaired) electrons. The average Bonchev–Trinajstić information content (AvgIpc) is 3.30. The van der Waals surface area contributed by atoms with Crippen LogP contribution in [0.1, 0.15) is 22.8 Å². The van der Waals surface area contributed by atoms with Crippen molar-refractivity contribution >= 4 is 35.0 Å². The summed E-state index contributed by atoms with van der Waals surface area (Å²) in [7, 11) is 0. The van der Waals surface area contributed by atoms with Gasteiger partial charge in [0, 0.05) is 29.6 Å². The summed E-state index contributed by atoms with van der Waals surface area (Å²) in [5, 5.41) is 1.18. The SMILES string of the molecule is CCn1c(=O)c(C(=O)CSc2nccn2-c2ccc(Cl)cc2)c(N)n(Cc2ccccc2)c1=O. The van der Waals surface area contributed by atoms with E-state index < -0.39 is 17.0 Å². The maximum Gasteiger partial charge on any atom is 0.332 e. The number of carbonyl (C=O) groups is 1. The van der Waals surface area contributed by atoms with Crippen LogP contribution in [0.3, 0.4) is 0 Å². The number of rotatable bonds is 8. The second-order valence-electron chi connectivity index (χ2n) is 7.43. The van der Waals surface area contributed by atoms with Crippen LogP contribution in [-0.4, -0.2) is 30.2 Å². The fourth-order valence-corrected chi connectivity index (χ4v) is 4.54. The third kappa shape index (κ3) is 4.71. The summed E-state index contributed by atoms with van der Waals surface area (Å²) in [6, 6.07) is 16.5. The zero-order valence-electron chi connectivity index (χ0n) is 18.3. The minimum atomic E-state index is -0.680. The molecule has 10 heteroatoms. The van der Waals surface area contributed by atoms with Crippen molar-refractivity contribution < 1.29 is 4.79 Å². The van der Waals surface area contributed by atoms with Gasteiger partial charge in [0.1, 0.15) is 11.4 Å². The van der Waals surface area contributed by atoms with E-state index in [0.29, 0.717) is 10.2 Å². The number of nitrogens with two attached hydrogens (primary N) is 1. The van der Waals surface area contributed by atoms with Crippen molar-refractivity contribution in [3.63, 3.8) is 0 Å². The summed E-state index contributed by atoms with van der Waals surface area (Å²) >= 11 is 7.15. The zero-order chi connectivity index (χ0) is 24.2. The van der Waals surface area contributed by atoms with Gasteiger partial charge in [-0.1, -0.05) is 53.7 Å². The molecule has 0 saturated carbocycles. The number of nitrogen functional groups attached to an aromatic ring is 1. The summed E-state index contributed by atoms with van der Waals surface area (Å²) in [5.74, 6) is -0.672. The highest BCUT2D eigenvalue weighted by Gasteiger charge is 2.23. The molecule has 2 heterocycles. The molecule has 8 nitrogen and oxygen atoms in total. The van der Waals surface area contributed by atoms with Gasteiger partial charge in [0.25, 0.3) is 5.56 Å². The maximum atomic E-state index is 13.2. The van der Waals surface area contributed by atoms with Crippen molar-refractivity contribution in [3.05, 3.63) is 104 Å². The lowest BCUT2D eigenvalue weighted by molar-refractivity contribution is 0.102. The van der Waals surface area contributed by atoms with Crippen molar-refractivity contribution in [1.82, 2.24) is 18.7 Å². The quantitative estimate of drug-likeness (QED) is 0.296.